The highest BCUT2D eigenvalue weighted by atomic mass is 35.5. The summed E-state index contributed by atoms with van der Waals surface area (Å²) in [5.74, 6) is 0.278. The minimum atomic E-state index is -3.73. The van der Waals surface area contributed by atoms with Gasteiger partial charge in [0.1, 0.15) is 16.5 Å². The molecule has 1 aliphatic rings. The topological polar surface area (TPSA) is 49.9 Å². The minimum absolute atomic E-state index is 0.0110. The second-order valence-corrected chi connectivity index (χ2v) is 8.88. The maximum absolute atomic E-state index is 13.5. The first-order valence-corrected chi connectivity index (χ1v) is 10.5. The summed E-state index contributed by atoms with van der Waals surface area (Å²) in [6, 6.07) is 8.94. The zero-order valence-corrected chi connectivity index (χ0v) is 17.0. The van der Waals surface area contributed by atoms with Crippen LogP contribution in [0.2, 0.25) is 10.0 Å². The zero-order chi connectivity index (χ0) is 19.6. The van der Waals surface area contributed by atoms with Crippen LogP contribution in [0.15, 0.2) is 41.3 Å². The first-order valence-electron chi connectivity index (χ1n) is 8.32. The number of piperazine rings is 1. The Labute approximate surface area is 168 Å². The van der Waals surface area contributed by atoms with Crippen LogP contribution in [0.5, 0.6) is 5.75 Å². The highest BCUT2D eigenvalue weighted by Gasteiger charge is 2.30. The molecule has 27 heavy (non-hydrogen) atoms. The maximum atomic E-state index is 13.5. The molecule has 1 saturated heterocycles. The van der Waals surface area contributed by atoms with Crippen molar-refractivity contribution in [3.8, 4) is 5.75 Å². The van der Waals surface area contributed by atoms with E-state index in [1.807, 2.05) is 0 Å². The summed E-state index contributed by atoms with van der Waals surface area (Å²) >= 11 is 12.0. The van der Waals surface area contributed by atoms with Crippen LogP contribution < -0.4 is 4.74 Å². The molecule has 1 heterocycles. The molecule has 9 heteroatoms. The largest absolute Gasteiger partial charge is 0.496 e. The van der Waals surface area contributed by atoms with Gasteiger partial charge in [-0.25, -0.2) is 12.8 Å². The zero-order valence-electron chi connectivity index (χ0n) is 14.7. The normalized spacial score (nSPS) is 16.4. The smallest absolute Gasteiger partial charge is 0.244 e. The third-order valence-corrected chi connectivity index (χ3v) is 7.37. The lowest BCUT2D eigenvalue weighted by Gasteiger charge is -2.34. The van der Waals surface area contributed by atoms with Crippen LogP contribution >= 0.6 is 23.2 Å². The Kier molecular flexibility index (Phi) is 6.28. The molecular weight excluding hydrogens is 414 g/mol. The van der Waals surface area contributed by atoms with Crippen molar-refractivity contribution in [2.24, 2.45) is 0 Å². The van der Waals surface area contributed by atoms with Gasteiger partial charge in [0.25, 0.3) is 0 Å². The van der Waals surface area contributed by atoms with Crippen molar-refractivity contribution in [3.63, 3.8) is 0 Å². The van der Waals surface area contributed by atoms with Gasteiger partial charge in [-0.15, -0.1) is 0 Å². The second-order valence-electron chi connectivity index (χ2n) is 6.19. The monoisotopic (exact) mass is 432 g/mol. The number of methoxy groups -OCH3 is 1. The molecule has 0 saturated carbocycles. The highest BCUT2D eigenvalue weighted by molar-refractivity contribution is 7.89. The van der Waals surface area contributed by atoms with Gasteiger partial charge in [-0.3, -0.25) is 4.90 Å². The average Bonchev–Trinajstić information content (AvgIpc) is 2.64. The van der Waals surface area contributed by atoms with Crippen LogP contribution in [-0.2, 0) is 16.6 Å². The molecule has 0 N–H and O–H groups in total. The number of nitrogens with zero attached hydrogens (tertiary/aromatic N) is 2. The molecular formula is C18H19Cl2FN2O3S. The molecule has 0 bridgehead atoms. The summed E-state index contributed by atoms with van der Waals surface area (Å²) in [6.45, 7) is 2.12. The van der Waals surface area contributed by atoms with Gasteiger partial charge in [0.2, 0.25) is 10.0 Å². The van der Waals surface area contributed by atoms with Crippen LogP contribution in [0, 0.1) is 5.82 Å². The molecule has 2 aromatic carbocycles. The molecule has 0 unspecified atom stereocenters. The van der Waals surface area contributed by atoms with Gasteiger partial charge in [-0.05, 0) is 30.3 Å². The lowest BCUT2D eigenvalue weighted by Crippen LogP contribution is -2.48. The second kappa shape index (κ2) is 8.32. The summed E-state index contributed by atoms with van der Waals surface area (Å²) in [4.78, 5) is 2.07. The van der Waals surface area contributed by atoms with Crippen LogP contribution in [0.25, 0.3) is 0 Å². The van der Waals surface area contributed by atoms with Gasteiger partial charge in [0, 0.05) is 38.3 Å². The molecule has 3 rings (SSSR count). The number of hydrogen-bond donors (Lipinski definition) is 0. The van der Waals surface area contributed by atoms with Crippen LogP contribution in [-0.4, -0.2) is 50.9 Å². The minimum Gasteiger partial charge on any atom is -0.496 e. The van der Waals surface area contributed by atoms with E-state index in [9.17, 15) is 12.8 Å². The molecule has 146 valence electrons. The van der Waals surface area contributed by atoms with Gasteiger partial charge in [0.05, 0.1) is 17.2 Å². The summed E-state index contributed by atoms with van der Waals surface area (Å²) < 4.78 is 45.9. The molecule has 2 aromatic rings. The van der Waals surface area contributed by atoms with E-state index >= 15 is 0 Å². The van der Waals surface area contributed by atoms with Gasteiger partial charge in [-0.2, -0.15) is 4.31 Å². The summed E-state index contributed by atoms with van der Waals surface area (Å²) in [5, 5.41) is 0.237. The Morgan fingerprint density at radius 1 is 1.11 bits per heavy atom. The van der Waals surface area contributed by atoms with Crippen molar-refractivity contribution in [3.05, 3.63) is 57.8 Å². The molecule has 1 fully saturated rings. The van der Waals surface area contributed by atoms with Crippen LogP contribution in [0.4, 0.5) is 4.39 Å². The number of rotatable bonds is 5. The van der Waals surface area contributed by atoms with Crippen molar-refractivity contribution in [1.82, 2.24) is 9.21 Å². The fourth-order valence-electron chi connectivity index (χ4n) is 3.06. The molecule has 0 spiro atoms. The predicted molar refractivity (Wildman–Crippen MR) is 103 cm³/mol. The summed E-state index contributed by atoms with van der Waals surface area (Å²) in [7, 11) is -2.19. The Balaban J connectivity index is 1.70. The van der Waals surface area contributed by atoms with Crippen LogP contribution in [0.3, 0.4) is 0 Å². The molecule has 1 aliphatic heterocycles. The standard InChI is InChI=1S/C18H19Cl2FN2O3S/c1-26-16-6-5-14(21)11-13(16)12-22-7-9-23(10-8-22)27(24,25)17-4-2-3-15(19)18(17)20/h2-6,11H,7-10,12H2,1H3. The average molecular weight is 433 g/mol. The SMILES string of the molecule is COc1ccc(F)cc1CN1CCN(S(=O)(=O)c2cccc(Cl)c2Cl)CC1. The quantitative estimate of drug-likeness (QED) is 0.723. The van der Waals surface area contributed by atoms with Crippen molar-refractivity contribution in [2.45, 2.75) is 11.4 Å². The Hall–Kier alpha value is -1.38. The third-order valence-electron chi connectivity index (χ3n) is 4.50. The molecule has 0 amide bonds. The van der Waals surface area contributed by atoms with E-state index in [1.54, 1.807) is 18.2 Å². The summed E-state index contributed by atoms with van der Waals surface area (Å²) in [6.07, 6.45) is 0. The molecule has 0 radical (unpaired) electrons. The number of benzene rings is 2. The number of halogens is 3. The van der Waals surface area contributed by atoms with Gasteiger partial charge >= 0.3 is 0 Å². The van der Waals surface area contributed by atoms with Gasteiger partial charge in [-0.1, -0.05) is 29.3 Å². The Morgan fingerprint density at radius 2 is 1.81 bits per heavy atom. The van der Waals surface area contributed by atoms with Crippen molar-refractivity contribution in [2.75, 3.05) is 33.3 Å². The fraction of sp³-hybridized carbons (Fsp3) is 0.333. The van der Waals surface area contributed by atoms with E-state index in [0.717, 1.165) is 5.56 Å². The van der Waals surface area contributed by atoms with Crippen molar-refractivity contribution < 1.29 is 17.5 Å². The van der Waals surface area contributed by atoms with Crippen LogP contribution in [0.1, 0.15) is 5.56 Å². The first kappa shape index (κ1) is 20.4. The Bertz CT molecular complexity index is 932. The van der Waals surface area contributed by atoms with E-state index in [0.29, 0.717) is 38.5 Å². The molecule has 0 aromatic heterocycles. The lowest BCUT2D eigenvalue weighted by molar-refractivity contribution is 0.180. The lowest BCUT2D eigenvalue weighted by atomic mass is 10.1. The maximum Gasteiger partial charge on any atom is 0.244 e. The number of ether oxygens (including phenoxy) is 1. The van der Waals surface area contributed by atoms with E-state index in [-0.39, 0.29) is 20.8 Å². The highest BCUT2D eigenvalue weighted by Crippen LogP contribution is 2.31. The van der Waals surface area contributed by atoms with Crippen molar-refractivity contribution >= 4 is 33.2 Å². The molecule has 0 atom stereocenters. The van der Waals surface area contributed by atoms with E-state index < -0.39 is 10.0 Å². The van der Waals surface area contributed by atoms with E-state index in [4.69, 9.17) is 27.9 Å². The predicted octanol–water partition coefficient (Wildman–Crippen LogP) is 3.65. The summed E-state index contributed by atoms with van der Waals surface area (Å²) in [5.41, 5.74) is 0.728. The number of sulfonamides is 1. The first-order chi connectivity index (χ1) is 12.8. The Morgan fingerprint density at radius 3 is 2.48 bits per heavy atom. The third kappa shape index (κ3) is 4.38. The van der Waals surface area contributed by atoms with Gasteiger partial charge in [0.15, 0.2) is 0 Å². The van der Waals surface area contributed by atoms with Gasteiger partial charge < -0.3 is 4.74 Å². The molecule has 0 aliphatic carbocycles. The van der Waals surface area contributed by atoms with E-state index in [1.165, 1.54) is 29.6 Å². The number of hydrogen-bond acceptors (Lipinski definition) is 4. The fourth-order valence-corrected chi connectivity index (χ4v) is 5.22. The van der Waals surface area contributed by atoms with E-state index in [2.05, 4.69) is 4.90 Å². The molecule has 5 nitrogen and oxygen atoms in total. The van der Waals surface area contributed by atoms with Crippen molar-refractivity contribution in [1.29, 1.82) is 0 Å².